The van der Waals surface area contributed by atoms with Crippen LogP contribution in [0.5, 0.6) is 0 Å². The molecule has 0 amide bonds. The molecule has 26 heavy (non-hydrogen) atoms. The lowest BCUT2D eigenvalue weighted by molar-refractivity contribution is 0.398. The summed E-state index contributed by atoms with van der Waals surface area (Å²) in [7, 11) is 0. The summed E-state index contributed by atoms with van der Waals surface area (Å²) in [5, 5.41) is 9.76. The van der Waals surface area contributed by atoms with Gasteiger partial charge in [-0.3, -0.25) is 0 Å². The molecule has 0 unspecified atom stereocenters. The minimum atomic E-state index is 0.631. The summed E-state index contributed by atoms with van der Waals surface area (Å²) in [6, 6.07) is 15.0. The van der Waals surface area contributed by atoms with Crippen molar-refractivity contribution >= 4 is 23.2 Å². The Labute approximate surface area is 160 Å². The lowest BCUT2D eigenvalue weighted by Crippen LogP contribution is -1.88. The van der Waals surface area contributed by atoms with Crippen molar-refractivity contribution in [2.45, 2.75) is 13.8 Å². The van der Waals surface area contributed by atoms with E-state index in [0.717, 1.165) is 22.3 Å². The molecule has 0 spiro atoms. The smallest absolute Gasteiger partial charge is 0.142 e. The fraction of sp³-hybridized carbons (Fsp3) is 0.100. The molecule has 4 rings (SSSR count). The second-order valence-electron chi connectivity index (χ2n) is 5.95. The highest BCUT2D eigenvalue weighted by molar-refractivity contribution is 6.31. The highest BCUT2D eigenvalue weighted by atomic mass is 35.5. The van der Waals surface area contributed by atoms with Gasteiger partial charge in [0, 0.05) is 21.2 Å². The first-order valence-corrected chi connectivity index (χ1v) is 8.75. The maximum atomic E-state index is 6.15. The first-order chi connectivity index (χ1) is 12.5. The zero-order chi connectivity index (χ0) is 18.3. The zero-order valence-electron chi connectivity index (χ0n) is 14.1. The van der Waals surface area contributed by atoms with E-state index in [9.17, 15) is 0 Å². The average Bonchev–Trinajstić information content (AvgIpc) is 3.17. The molecular formula is C20H14Cl2N2O2. The summed E-state index contributed by atoms with van der Waals surface area (Å²) in [6.45, 7) is 3.73. The number of nitrogens with zero attached hydrogens (tertiary/aromatic N) is 2. The minimum Gasteiger partial charge on any atom is -0.360 e. The van der Waals surface area contributed by atoms with Gasteiger partial charge in [-0.05, 0) is 38.1 Å². The third-order valence-electron chi connectivity index (χ3n) is 4.17. The van der Waals surface area contributed by atoms with Crippen molar-refractivity contribution in [3.05, 3.63) is 70.1 Å². The first-order valence-electron chi connectivity index (χ1n) is 7.99. The standard InChI is InChI=1S/C20H14Cl2N2O2/c1-11-17(19(23-25-11)13-5-3-7-15(21)9-13)18-12(2)26-24-20(18)14-6-4-8-16(22)10-14/h3-10H,1-2H3. The number of aryl methyl sites for hydroxylation is 2. The summed E-state index contributed by atoms with van der Waals surface area (Å²) in [5.41, 5.74) is 4.78. The number of hydrogen-bond donors (Lipinski definition) is 0. The second-order valence-corrected chi connectivity index (χ2v) is 6.82. The third kappa shape index (κ3) is 2.91. The minimum absolute atomic E-state index is 0.631. The van der Waals surface area contributed by atoms with Gasteiger partial charge in [-0.2, -0.15) is 0 Å². The summed E-state index contributed by atoms with van der Waals surface area (Å²) >= 11 is 12.3. The van der Waals surface area contributed by atoms with Gasteiger partial charge in [-0.1, -0.05) is 57.8 Å². The van der Waals surface area contributed by atoms with E-state index in [-0.39, 0.29) is 0 Å². The van der Waals surface area contributed by atoms with E-state index in [0.29, 0.717) is 33.0 Å². The summed E-state index contributed by atoms with van der Waals surface area (Å²) < 4.78 is 11.0. The predicted molar refractivity (Wildman–Crippen MR) is 102 cm³/mol. The molecule has 0 aliphatic heterocycles. The van der Waals surface area contributed by atoms with Crippen LogP contribution >= 0.6 is 23.2 Å². The monoisotopic (exact) mass is 384 g/mol. The van der Waals surface area contributed by atoms with Crippen molar-refractivity contribution in [2.24, 2.45) is 0 Å². The van der Waals surface area contributed by atoms with Crippen LogP contribution in [0.25, 0.3) is 33.6 Å². The molecular weight excluding hydrogens is 371 g/mol. The van der Waals surface area contributed by atoms with Gasteiger partial charge in [-0.15, -0.1) is 0 Å². The molecule has 2 aromatic carbocycles. The Morgan fingerprint density at radius 2 is 1.12 bits per heavy atom. The number of rotatable bonds is 3. The van der Waals surface area contributed by atoms with Crippen LogP contribution < -0.4 is 0 Å². The van der Waals surface area contributed by atoms with Gasteiger partial charge < -0.3 is 9.05 Å². The van der Waals surface area contributed by atoms with Crippen LogP contribution in [0, 0.1) is 13.8 Å². The van der Waals surface area contributed by atoms with Crippen LogP contribution in [-0.2, 0) is 0 Å². The number of hydrogen-bond acceptors (Lipinski definition) is 4. The molecule has 0 N–H and O–H groups in total. The van der Waals surface area contributed by atoms with Crippen molar-refractivity contribution < 1.29 is 9.05 Å². The van der Waals surface area contributed by atoms with E-state index >= 15 is 0 Å². The van der Waals surface area contributed by atoms with Crippen molar-refractivity contribution in [1.29, 1.82) is 0 Å². The summed E-state index contributed by atoms with van der Waals surface area (Å²) in [5.74, 6) is 1.35. The Morgan fingerprint density at radius 3 is 1.50 bits per heavy atom. The molecule has 0 fully saturated rings. The predicted octanol–water partition coefficient (Wildman–Crippen LogP) is 6.59. The normalized spacial score (nSPS) is 11.1. The van der Waals surface area contributed by atoms with Gasteiger partial charge in [0.25, 0.3) is 0 Å². The van der Waals surface area contributed by atoms with E-state index in [2.05, 4.69) is 10.3 Å². The van der Waals surface area contributed by atoms with Gasteiger partial charge in [0.15, 0.2) is 0 Å². The fourth-order valence-corrected chi connectivity index (χ4v) is 3.38. The molecule has 0 bridgehead atoms. The molecule has 130 valence electrons. The lowest BCUT2D eigenvalue weighted by atomic mass is 9.95. The quantitative estimate of drug-likeness (QED) is 0.399. The Kier molecular flexibility index (Phi) is 4.31. The van der Waals surface area contributed by atoms with Crippen molar-refractivity contribution in [1.82, 2.24) is 10.3 Å². The van der Waals surface area contributed by atoms with Crippen molar-refractivity contribution in [2.75, 3.05) is 0 Å². The van der Waals surface area contributed by atoms with E-state index < -0.39 is 0 Å². The van der Waals surface area contributed by atoms with E-state index in [1.54, 1.807) is 0 Å². The van der Waals surface area contributed by atoms with Gasteiger partial charge in [0.1, 0.15) is 22.9 Å². The maximum absolute atomic E-state index is 6.15. The SMILES string of the molecule is Cc1onc(-c2cccc(Cl)c2)c1-c1c(-c2cccc(Cl)c2)noc1C. The van der Waals surface area contributed by atoms with E-state index in [1.165, 1.54) is 0 Å². The molecule has 2 heterocycles. The van der Waals surface area contributed by atoms with E-state index in [1.807, 2.05) is 62.4 Å². The Balaban J connectivity index is 1.96. The Morgan fingerprint density at radius 1 is 0.692 bits per heavy atom. The average molecular weight is 385 g/mol. The number of aromatic nitrogens is 2. The van der Waals surface area contributed by atoms with Gasteiger partial charge in [-0.25, -0.2) is 0 Å². The third-order valence-corrected chi connectivity index (χ3v) is 4.64. The molecule has 4 aromatic rings. The summed E-state index contributed by atoms with van der Waals surface area (Å²) in [6.07, 6.45) is 0. The fourth-order valence-electron chi connectivity index (χ4n) is 3.00. The molecule has 2 aromatic heterocycles. The highest BCUT2D eigenvalue weighted by Gasteiger charge is 2.25. The molecule has 0 aliphatic carbocycles. The van der Waals surface area contributed by atoms with Crippen molar-refractivity contribution in [3.8, 4) is 33.6 Å². The van der Waals surface area contributed by atoms with Gasteiger partial charge in [0.05, 0.1) is 11.1 Å². The zero-order valence-corrected chi connectivity index (χ0v) is 15.6. The van der Waals surface area contributed by atoms with Gasteiger partial charge in [0.2, 0.25) is 0 Å². The molecule has 4 nitrogen and oxygen atoms in total. The van der Waals surface area contributed by atoms with Crippen LogP contribution in [0.15, 0.2) is 57.6 Å². The van der Waals surface area contributed by atoms with Crippen LogP contribution in [0.4, 0.5) is 0 Å². The number of halogens is 2. The first kappa shape index (κ1) is 16.9. The van der Waals surface area contributed by atoms with Gasteiger partial charge >= 0.3 is 0 Å². The molecule has 0 atom stereocenters. The van der Waals surface area contributed by atoms with Crippen LogP contribution in [0.1, 0.15) is 11.5 Å². The van der Waals surface area contributed by atoms with Crippen molar-refractivity contribution in [3.63, 3.8) is 0 Å². The number of benzene rings is 2. The highest BCUT2D eigenvalue weighted by Crippen LogP contribution is 2.42. The van der Waals surface area contributed by atoms with E-state index in [4.69, 9.17) is 32.2 Å². The molecule has 0 saturated carbocycles. The molecule has 0 radical (unpaired) electrons. The Bertz CT molecular complexity index is 1010. The second kappa shape index (κ2) is 6.63. The largest absolute Gasteiger partial charge is 0.360 e. The molecule has 6 heteroatoms. The van der Waals surface area contributed by atoms with Crippen LogP contribution in [-0.4, -0.2) is 10.3 Å². The topological polar surface area (TPSA) is 52.1 Å². The Hall–Kier alpha value is -2.56. The van der Waals surface area contributed by atoms with Crippen LogP contribution in [0.2, 0.25) is 10.0 Å². The lowest BCUT2D eigenvalue weighted by Gasteiger charge is -2.05. The van der Waals surface area contributed by atoms with Crippen LogP contribution in [0.3, 0.4) is 0 Å². The maximum Gasteiger partial charge on any atom is 0.142 e. The molecule has 0 aliphatic rings. The molecule has 0 saturated heterocycles. The summed E-state index contributed by atoms with van der Waals surface area (Å²) in [4.78, 5) is 0.